The van der Waals surface area contributed by atoms with Gasteiger partial charge < -0.3 is 14.1 Å². The lowest BCUT2D eigenvalue weighted by molar-refractivity contribution is -0.121. The summed E-state index contributed by atoms with van der Waals surface area (Å²) in [5.74, 6) is -3.06. The molecular formula is C32H22FN3O6S. The van der Waals surface area contributed by atoms with Crippen molar-refractivity contribution in [3.63, 3.8) is 0 Å². The van der Waals surface area contributed by atoms with Crippen molar-refractivity contribution in [1.82, 2.24) is 4.98 Å². The third kappa shape index (κ3) is 3.64. The van der Waals surface area contributed by atoms with E-state index >= 15 is 0 Å². The fourth-order valence-electron chi connectivity index (χ4n) is 6.05. The summed E-state index contributed by atoms with van der Waals surface area (Å²) in [4.78, 5) is 63.4. The van der Waals surface area contributed by atoms with Crippen molar-refractivity contribution >= 4 is 50.9 Å². The van der Waals surface area contributed by atoms with Gasteiger partial charge in [0.25, 0.3) is 11.8 Å². The molecule has 0 aliphatic carbocycles. The number of esters is 1. The van der Waals surface area contributed by atoms with Crippen molar-refractivity contribution in [1.29, 1.82) is 0 Å². The average molecular weight is 596 g/mol. The first kappa shape index (κ1) is 26.7. The Kier molecular flexibility index (Phi) is 5.86. The number of anilines is 2. The summed E-state index contributed by atoms with van der Waals surface area (Å²) in [6, 6.07) is 18.0. The number of thiazole rings is 1. The van der Waals surface area contributed by atoms with Gasteiger partial charge in [-0.15, -0.1) is 0 Å². The van der Waals surface area contributed by atoms with Crippen molar-refractivity contribution in [2.75, 3.05) is 16.9 Å². The first-order valence-corrected chi connectivity index (χ1v) is 14.1. The van der Waals surface area contributed by atoms with Gasteiger partial charge in [0.05, 0.1) is 36.0 Å². The van der Waals surface area contributed by atoms with Crippen LogP contribution in [0.1, 0.15) is 48.2 Å². The molecule has 1 spiro atoms. The van der Waals surface area contributed by atoms with Crippen LogP contribution in [0, 0.1) is 19.7 Å². The Labute approximate surface area is 247 Å². The van der Waals surface area contributed by atoms with Crippen LogP contribution in [0.3, 0.4) is 0 Å². The van der Waals surface area contributed by atoms with Crippen LogP contribution >= 0.6 is 11.3 Å². The number of aromatic nitrogens is 1. The number of hydrogen-bond donors (Lipinski definition) is 0. The minimum Gasteiger partial charge on any atom is -0.465 e. The molecule has 1 unspecified atom stereocenters. The maximum atomic E-state index is 15.0. The predicted octanol–water partition coefficient (Wildman–Crippen LogP) is 5.24. The van der Waals surface area contributed by atoms with E-state index in [1.165, 1.54) is 18.1 Å². The summed E-state index contributed by atoms with van der Waals surface area (Å²) in [6.45, 7) is 3.67. The second-order valence-corrected chi connectivity index (χ2v) is 11.4. The number of halogens is 1. The fourth-order valence-corrected chi connectivity index (χ4v) is 7.08. The molecule has 43 heavy (non-hydrogen) atoms. The summed E-state index contributed by atoms with van der Waals surface area (Å²) in [7, 11) is 1.23. The number of ether oxygens (including phenoxy) is 1. The van der Waals surface area contributed by atoms with Crippen LogP contribution in [0.5, 0.6) is 0 Å². The number of rotatable bonds is 4. The minimum atomic E-state index is -2.04. The summed E-state index contributed by atoms with van der Waals surface area (Å²) < 4.78 is 25.3. The quantitative estimate of drug-likeness (QED) is 0.261. The Morgan fingerprint density at radius 1 is 1.05 bits per heavy atom. The standard InChI is InChI=1S/C32H22FN3O6S/c1-16-7-6-8-18(13-16)15-35-22-10-5-4-9-21(22)32(30(35)40)24-25(37)20-14-19(33)11-12-23(20)42-26(24)28(38)36(32)31-34-17(2)27(43-31)29(39)41-3/h4-14H,15H2,1-3H3. The van der Waals surface area contributed by atoms with Crippen LogP contribution in [0.2, 0.25) is 0 Å². The Morgan fingerprint density at radius 3 is 2.60 bits per heavy atom. The van der Waals surface area contributed by atoms with Gasteiger partial charge in [-0.1, -0.05) is 59.4 Å². The van der Waals surface area contributed by atoms with E-state index in [2.05, 4.69) is 4.98 Å². The van der Waals surface area contributed by atoms with Crippen molar-refractivity contribution < 1.29 is 27.9 Å². The van der Waals surface area contributed by atoms with Gasteiger partial charge in [0.15, 0.2) is 16.1 Å². The lowest BCUT2D eigenvalue weighted by Crippen LogP contribution is -2.53. The molecule has 11 heteroatoms. The van der Waals surface area contributed by atoms with Gasteiger partial charge in [0.2, 0.25) is 5.76 Å². The normalized spacial score (nSPS) is 17.2. The van der Waals surface area contributed by atoms with Gasteiger partial charge in [0, 0.05) is 5.56 Å². The lowest BCUT2D eigenvalue weighted by atomic mass is 9.84. The third-order valence-corrected chi connectivity index (χ3v) is 8.98. The summed E-state index contributed by atoms with van der Waals surface area (Å²) in [6.07, 6.45) is 0. The van der Waals surface area contributed by atoms with Gasteiger partial charge in [-0.05, 0) is 43.7 Å². The van der Waals surface area contributed by atoms with E-state index in [-0.39, 0.29) is 44.5 Å². The number of hydrogen-bond acceptors (Lipinski definition) is 8. The summed E-state index contributed by atoms with van der Waals surface area (Å²) in [5.41, 5.74) is -0.0222. The van der Waals surface area contributed by atoms with E-state index in [1.807, 2.05) is 31.2 Å². The smallest absolute Gasteiger partial charge is 0.350 e. The van der Waals surface area contributed by atoms with E-state index in [0.29, 0.717) is 11.3 Å². The Bertz CT molecular complexity index is 2100. The summed E-state index contributed by atoms with van der Waals surface area (Å²) >= 11 is 0.866. The molecular weight excluding hydrogens is 573 g/mol. The zero-order chi connectivity index (χ0) is 30.2. The molecule has 4 heterocycles. The number of nitrogens with zero attached hydrogens (tertiary/aromatic N) is 3. The van der Waals surface area contributed by atoms with Crippen LogP contribution in [0.4, 0.5) is 15.2 Å². The molecule has 0 saturated heterocycles. The minimum absolute atomic E-state index is 0.00332. The van der Waals surface area contributed by atoms with Gasteiger partial charge in [-0.2, -0.15) is 0 Å². The van der Waals surface area contributed by atoms with Crippen LogP contribution in [-0.2, 0) is 21.6 Å². The monoisotopic (exact) mass is 595 g/mol. The largest absolute Gasteiger partial charge is 0.465 e. The molecule has 2 amide bonds. The molecule has 7 rings (SSSR count). The van der Waals surface area contributed by atoms with Crippen molar-refractivity contribution in [3.8, 4) is 0 Å². The molecule has 2 aromatic heterocycles. The van der Waals surface area contributed by atoms with Gasteiger partial charge in [-0.25, -0.2) is 14.2 Å². The highest BCUT2D eigenvalue weighted by molar-refractivity contribution is 7.17. The number of carbonyl (C=O) groups excluding carboxylic acids is 3. The van der Waals surface area contributed by atoms with E-state index in [4.69, 9.17) is 9.15 Å². The van der Waals surface area contributed by atoms with E-state index in [9.17, 15) is 23.6 Å². The lowest BCUT2D eigenvalue weighted by Gasteiger charge is -2.32. The number of aryl methyl sites for hydroxylation is 2. The molecule has 9 nitrogen and oxygen atoms in total. The molecule has 0 N–H and O–H groups in total. The highest BCUT2D eigenvalue weighted by atomic mass is 32.1. The number of amides is 2. The number of methoxy groups -OCH3 is 1. The molecule has 0 fully saturated rings. The fraction of sp³-hybridized carbons (Fsp3) is 0.156. The summed E-state index contributed by atoms with van der Waals surface area (Å²) in [5, 5.41) is -0.106. The second-order valence-electron chi connectivity index (χ2n) is 10.4. The molecule has 214 valence electrons. The Morgan fingerprint density at radius 2 is 1.84 bits per heavy atom. The molecule has 0 bridgehead atoms. The topological polar surface area (TPSA) is 110 Å². The Balaban J connectivity index is 1.56. The number of fused-ring (bicyclic) bond motifs is 5. The molecule has 0 radical (unpaired) electrons. The highest BCUT2D eigenvalue weighted by Crippen LogP contribution is 2.55. The predicted molar refractivity (Wildman–Crippen MR) is 157 cm³/mol. The van der Waals surface area contributed by atoms with Gasteiger partial charge in [0.1, 0.15) is 16.3 Å². The maximum Gasteiger partial charge on any atom is 0.350 e. The Hall–Kier alpha value is -5.16. The number of carbonyl (C=O) groups is 3. The number of para-hydroxylation sites is 1. The van der Waals surface area contributed by atoms with Crippen LogP contribution in [0.15, 0.2) is 75.9 Å². The van der Waals surface area contributed by atoms with Gasteiger partial charge in [-0.3, -0.25) is 19.3 Å². The molecule has 5 aromatic rings. The van der Waals surface area contributed by atoms with Crippen molar-refractivity contribution in [2.24, 2.45) is 0 Å². The SMILES string of the molecule is COC(=O)c1sc(N2C(=O)c3oc4ccc(F)cc4c(=O)c3C23C(=O)N(Cc2cccc(C)c2)c2ccccc23)nc1C. The molecule has 2 aliphatic heterocycles. The van der Waals surface area contributed by atoms with E-state index in [1.54, 1.807) is 31.2 Å². The molecule has 3 aromatic carbocycles. The molecule has 1 atom stereocenters. The zero-order valence-electron chi connectivity index (χ0n) is 23.1. The van der Waals surface area contributed by atoms with Crippen LogP contribution in [-0.4, -0.2) is 29.9 Å². The first-order chi connectivity index (χ1) is 20.7. The van der Waals surface area contributed by atoms with Crippen molar-refractivity contribution in [2.45, 2.75) is 25.9 Å². The van der Waals surface area contributed by atoms with Crippen LogP contribution < -0.4 is 15.2 Å². The second kappa shape index (κ2) is 9.43. The van der Waals surface area contributed by atoms with Crippen molar-refractivity contribution in [3.05, 3.63) is 121 Å². The third-order valence-electron chi connectivity index (χ3n) is 7.86. The van der Waals surface area contributed by atoms with Crippen LogP contribution in [0.25, 0.3) is 11.0 Å². The average Bonchev–Trinajstić information content (AvgIpc) is 3.58. The van der Waals surface area contributed by atoms with E-state index in [0.717, 1.165) is 39.5 Å². The number of benzene rings is 3. The zero-order valence-corrected chi connectivity index (χ0v) is 24.0. The maximum absolute atomic E-state index is 15.0. The highest BCUT2D eigenvalue weighted by Gasteiger charge is 2.66. The van der Waals surface area contributed by atoms with Gasteiger partial charge >= 0.3 is 5.97 Å². The first-order valence-electron chi connectivity index (χ1n) is 13.3. The molecule has 2 aliphatic rings. The molecule has 0 saturated carbocycles. The van der Waals surface area contributed by atoms with E-state index < -0.39 is 34.6 Å².